The van der Waals surface area contributed by atoms with Crippen LogP contribution in [0.5, 0.6) is 0 Å². The largest absolute Gasteiger partial charge is 0.243 e. The van der Waals surface area contributed by atoms with Gasteiger partial charge >= 0.3 is 0 Å². The molecule has 0 bridgehead atoms. The van der Waals surface area contributed by atoms with E-state index in [9.17, 15) is 8.42 Å². The highest BCUT2D eigenvalue weighted by molar-refractivity contribution is 9.10. The molecule has 0 fully saturated rings. The summed E-state index contributed by atoms with van der Waals surface area (Å²) in [4.78, 5) is -0.0885. The number of alkyl halides is 1. The zero-order valence-electron chi connectivity index (χ0n) is 10.8. The van der Waals surface area contributed by atoms with Crippen molar-refractivity contribution in [3.63, 3.8) is 0 Å². The van der Waals surface area contributed by atoms with Gasteiger partial charge in [0, 0.05) is 16.9 Å². The van der Waals surface area contributed by atoms with Gasteiger partial charge in [0.2, 0.25) is 10.0 Å². The molecule has 0 aromatic heterocycles. The zero-order valence-corrected chi connectivity index (χ0v) is 15.5. The molecule has 1 rings (SSSR count). The molecule has 1 aromatic carbocycles. The lowest BCUT2D eigenvalue weighted by Gasteiger charge is -2.11. The van der Waals surface area contributed by atoms with Crippen molar-refractivity contribution in [2.75, 3.05) is 12.4 Å². The average Bonchev–Trinajstić information content (AvgIpc) is 2.32. The van der Waals surface area contributed by atoms with Crippen molar-refractivity contribution in [2.24, 2.45) is 5.92 Å². The average molecular weight is 424 g/mol. The van der Waals surface area contributed by atoms with Gasteiger partial charge in [-0.2, -0.15) is 0 Å². The first-order valence-corrected chi connectivity index (χ1v) is 9.54. The predicted molar refractivity (Wildman–Crippen MR) is 88.5 cm³/mol. The molecule has 0 saturated heterocycles. The van der Waals surface area contributed by atoms with Crippen LogP contribution in [0.3, 0.4) is 0 Å². The number of rotatable bonds is 7. The molecule has 0 aliphatic carbocycles. The maximum Gasteiger partial charge on any atom is 0.243 e. The molecule has 1 aromatic rings. The molecule has 1 atom stereocenters. The Morgan fingerprint density at radius 3 is 2.35 bits per heavy atom. The van der Waals surface area contributed by atoms with E-state index >= 15 is 0 Å². The molecule has 0 heterocycles. The number of halogens is 4. The van der Waals surface area contributed by atoms with Gasteiger partial charge in [-0.05, 0) is 30.9 Å². The van der Waals surface area contributed by atoms with Crippen molar-refractivity contribution in [1.29, 1.82) is 0 Å². The summed E-state index contributed by atoms with van der Waals surface area (Å²) in [5.41, 5.74) is 0. The third-order valence-electron chi connectivity index (χ3n) is 2.66. The van der Waals surface area contributed by atoms with Crippen LogP contribution >= 0.6 is 50.7 Å². The van der Waals surface area contributed by atoms with Crippen LogP contribution in [0.4, 0.5) is 0 Å². The number of nitrogens with one attached hydrogen (secondary N) is 1. The first-order chi connectivity index (χ1) is 9.27. The lowest BCUT2D eigenvalue weighted by Crippen LogP contribution is -2.25. The summed E-state index contributed by atoms with van der Waals surface area (Å²) < 4.78 is 27.5. The van der Waals surface area contributed by atoms with Gasteiger partial charge in [0.1, 0.15) is 4.90 Å². The first-order valence-electron chi connectivity index (χ1n) is 5.98. The van der Waals surface area contributed by atoms with E-state index in [0.717, 1.165) is 6.42 Å². The molecular weight excluding hydrogens is 408 g/mol. The molecular formula is C12H15BrCl3NO2S. The Labute approximate surface area is 143 Å². The number of sulfonamides is 1. The van der Waals surface area contributed by atoms with E-state index in [0.29, 0.717) is 29.2 Å². The van der Waals surface area contributed by atoms with E-state index in [1.54, 1.807) is 0 Å². The van der Waals surface area contributed by atoms with Gasteiger partial charge in [-0.15, -0.1) is 11.6 Å². The molecule has 0 spiro atoms. The molecule has 8 heteroatoms. The van der Waals surface area contributed by atoms with Crippen molar-refractivity contribution in [2.45, 2.75) is 24.7 Å². The highest BCUT2D eigenvalue weighted by atomic mass is 79.9. The molecule has 1 N–H and O–H groups in total. The Kier molecular flexibility index (Phi) is 7.60. The third kappa shape index (κ3) is 5.35. The monoisotopic (exact) mass is 421 g/mol. The standard InChI is InChI=1S/C12H15BrCl3NO2S/c1-8(7-14)3-2-4-17-20(18,19)12-10(15)5-9(13)6-11(12)16/h5-6,8,17H,2-4,7H2,1H3. The maximum absolute atomic E-state index is 12.2. The third-order valence-corrected chi connectivity index (χ3v) is 6.03. The maximum atomic E-state index is 12.2. The number of hydrogen-bond acceptors (Lipinski definition) is 2. The van der Waals surface area contributed by atoms with E-state index in [1.807, 2.05) is 6.92 Å². The van der Waals surface area contributed by atoms with Crippen LogP contribution in [-0.4, -0.2) is 20.8 Å². The second-order valence-corrected chi connectivity index (χ2v) is 8.24. The van der Waals surface area contributed by atoms with Crippen LogP contribution in [0, 0.1) is 5.92 Å². The minimum atomic E-state index is -3.71. The van der Waals surface area contributed by atoms with Crippen LogP contribution in [0.2, 0.25) is 10.0 Å². The topological polar surface area (TPSA) is 46.2 Å². The van der Waals surface area contributed by atoms with E-state index < -0.39 is 10.0 Å². The van der Waals surface area contributed by atoms with Gasteiger partial charge in [0.15, 0.2) is 0 Å². The minimum Gasteiger partial charge on any atom is -0.211 e. The Hall–Kier alpha value is 0.480. The van der Waals surface area contributed by atoms with Gasteiger partial charge < -0.3 is 0 Å². The molecule has 0 aliphatic heterocycles. The minimum absolute atomic E-state index is 0.0885. The molecule has 20 heavy (non-hydrogen) atoms. The van der Waals surface area contributed by atoms with Gasteiger partial charge in [-0.1, -0.05) is 46.1 Å². The molecule has 0 radical (unpaired) electrons. The quantitative estimate of drug-likeness (QED) is 0.511. The second-order valence-electron chi connectivity index (χ2n) is 4.50. The van der Waals surface area contributed by atoms with Crippen LogP contribution < -0.4 is 4.72 Å². The molecule has 0 saturated carbocycles. The highest BCUT2D eigenvalue weighted by Crippen LogP contribution is 2.32. The molecule has 0 aliphatic rings. The summed E-state index contributed by atoms with van der Waals surface area (Å²) in [6.07, 6.45) is 1.56. The lowest BCUT2D eigenvalue weighted by molar-refractivity contribution is 0.543. The Balaban J connectivity index is 2.75. The lowest BCUT2D eigenvalue weighted by atomic mass is 10.1. The van der Waals surface area contributed by atoms with Crippen molar-refractivity contribution in [1.82, 2.24) is 4.72 Å². The van der Waals surface area contributed by atoms with Gasteiger partial charge in [-0.25, -0.2) is 13.1 Å². The summed E-state index contributed by atoms with van der Waals surface area (Å²) in [6, 6.07) is 3.00. The van der Waals surface area contributed by atoms with E-state index in [-0.39, 0.29) is 14.9 Å². The molecule has 1 unspecified atom stereocenters. The van der Waals surface area contributed by atoms with Crippen molar-refractivity contribution in [3.8, 4) is 0 Å². The SMILES string of the molecule is CC(CCl)CCCNS(=O)(=O)c1c(Cl)cc(Br)cc1Cl. The van der Waals surface area contributed by atoms with E-state index in [4.69, 9.17) is 34.8 Å². The Bertz CT molecular complexity index is 543. The molecule has 114 valence electrons. The van der Waals surface area contributed by atoms with Crippen molar-refractivity contribution < 1.29 is 8.42 Å². The molecule has 3 nitrogen and oxygen atoms in total. The number of benzene rings is 1. The van der Waals surface area contributed by atoms with Crippen molar-refractivity contribution >= 4 is 60.8 Å². The summed E-state index contributed by atoms with van der Waals surface area (Å²) in [6.45, 7) is 2.34. The summed E-state index contributed by atoms with van der Waals surface area (Å²) in [7, 11) is -3.71. The summed E-state index contributed by atoms with van der Waals surface area (Å²) in [5.74, 6) is 0.929. The van der Waals surface area contributed by atoms with Crippen LogP contribution in [0.1, 0.15) is 19.8 Å². The summed E-state index contributed by atoms with van der Waals surface area (Å²) in [5, 5.41) is 0.178. The normalized spacial score (nSPS) is 13.4. The van der Waals surface area contributed by atoms with E-state index in [1.165, 1.54) is 12.1 Å². The fraction of sp³-hybridized carbons (Fsp3) is 0.500. The van der Waals surface area contributed by atoms with Gasteiger partial charge in [-0.3, -0.25) is 0 Å². The highest BCUT2D eigenvalue weighted by Gasteiger charge is 2.21. The zero-order chi connectivity index (χ0) is 15.3. The van der Waals surface area contributed by atoms with Crippen molar-refractivity contribution in [3.05, 3.63) is 26.7 Å². The van der Waals surface area contributed by atoms with Gasteiger partial charge in [0.25, 0.3) is 0 Å². The Morgan fingerprint density at radius 1 is 1.30 bits per heavy atom. The first kappa shape index (κ1) is 18.5. The smallest absolute Gasteiger partial charge is 0.211 e. The van der Waals surface area contributed by atoms with E-state index in [2.05, 4.69) is 20.7 Å². The fourth-order valence-electron chi connectivity index (χ4n) is 1.59. The summed E-state index contributed by atoms with van der Waals surface area (Å²) >= 11 is 20.8. The number of hydrogen-bond donors (Lipinski definition) is 1. The predicted octanol–water partition coefficient (Wildman–Crippen LogP) is 4.69. The fourth-order valence-corrected chi connectivity index (χ4v) is 4.75. The second kappa shape index (κ2) is 8.20. The molecule has 0 amide bonds. The van der Waals surface area contributed by atoms with Crippen LogP contribution in [0.25, 0.3) is 0 Å². The van der Waals surface area contributed by atoms with Crippen LogP contribution in [-0.2, 0) is 10.0 Å². The Morgan fingerprint density at radius 2 is 1.85 bits per heavy atom. The van der Waals surface area contributed by atoms with Gasteiger partial charge in [0.05, 0.1) is 10.0 Å². The van der Waals surface area contributed by atoms with Crippen LogP contribution in [0.15, 0.2) is 21.5 Å².